The van der Waals surface area contributed by atoms with Gasteiger partial charge in [-0.1, -0.05) is 6.07 Å². The number of thioether (sulfide) groups is 2. The minimum absolute atomic E-state index is 0.213. The van der Waals surface area contributed by atoms with Crippen LogP contribution in [0.25, 0.3) is 0 Å². The highest BCUT2D eigenvalue weighted by Crippen LogP contribution is 2.36. The zero-order valence-electron chi connectivity index (χ0n) is 9.32. The van der Waals surface area contributed by atoms with Crippen molar-refractivity contribution >= 4 is 33.4 Å². The van der Waals surface area contributed by atoms with Crippen molar-refractivity contribution in [1.29, 1.82) is 0 Å². The molecule has 0 spiro atoms. The minimum Gasteiger partial charge on any atom is -0.228 e. The molecular weight excluding hydrogens is 260 g/mol. The van der Waals surface area contributed by atoms with Crippen molar-refractivity contribution < 1.29 is 8.42 Å². The van der Waals surface area contributed by atoms with Crippen molar-refractivity contribution in [3.05, 3.63) is 23.3 Å². The van der Waals surface area contributed by atoms with Crippen molar-refractivity contribution in [3.8, 4) is 0 Å². The van der Waals surface area contributed by atoms with Gasteiger partial charge in [0.2, 0.25) is 0 Å². The first-order valence-corrected chi connectivity index (χ1v) is 9.27. The third-order valence-corrected chi connectivity index (χ3v) is 6.14. The monoisotopic (exact) mass is 274 g/mol. The maximum atomic E-state index is 11.6. The fourth-order valence-corrected chi connectivity index (χ4v) is 5.17. The van der Waals surface area contributed by atoms with Crippen molar-refractivity contribution in [2.45, 2.75) is 22.0 Å². The van der Waals surface area contributed by atoms with E-state index in [1.54, 1.807) is 23.5 Å². The highest BCUT2D eigenvalue weighted by molar-refractivity contribution is 8.01. The lowest BCUT2D eigenvalue weighted by Gasteiger charge is -2.20. The SMILES string of the molecule is CSc1ccc2c(c1SC)CCS(=O)(=O)C2. The zero-order valence-corrected chi connectivity index (χ0v) is 11.8. The molecule has 1 aliphatic rings. The molecule has 0 bridgehead atoms. The van der Waals surface area contributed by atoms with Gasteiger partial charge in [-0.25, -0.2) is 8.42 Å². The smallest absolute Gasteiger partial charge is 0.154 e. The number of rotatable bonds is 2. The van der Waals surface area contributed by atoms with Crippen LogP contribution >= 0.6 is 23.5 Å². The van der Waals surface area contributed by atoms with E-state index >= 15 is 0 Å². The summed E-state index contributed by atoms with van der Waals surface area (Å²) in [5.41, 5.74) is 2.24. The van der Waals surface area contributed by atoms with Crippen LogP contribution in [0.5, 0.6) is 0 Å². The van der Waals surface area contributed by atoms with Gasteiger partial charge in [-0.2, -0.15) is 0 Å². The molecule has 0 aromatic heterocycles. The van der Waals surface area contributed by atoms with Gasteiger partial charge in [-0.3, -0.25) is 0 Å². The van der Waals surface area contributed by atoms with Gasteiger partial charge < -0.3 is 0 Å². The summed E-state index contributed by atoms with van der Waals surface area (Å²) in [6.45, 7) is 0. The molecule has 2 rings (SSSR count). The Bertz CT molecular complexity index is 506. The second-order valence-electron chi connectivity index (χ2n) is 3.78. The maximum Gasteiger partial charge on any atom is 0.154 e. The third-order valence-electron chi connectivity index (χ3n) is 2.78. The molecule has 88 valence electrons. The number of fused-ring (bicyclic) bond motifs is 1. The molecule has 1 heterocycles. The average molecular weight is 274 g/mol. The first-order valence-electron chi connectivity index (χ1n) is 5.00. The van der Waals surface area contributed by atoms with Crippen molar-refractivity contribution in [2.75, 3.05) is 18.3 Å². The van der Waals surface area contributed by atoms with Gasteiger partial charge in [0.05, 0.1) is 11.5 Å². The number of hydrogen-bond donors (Lipinski definition) is 0. The van der Waals surface area contributed by atoms with Crippen LogP contribution in [0.4, 0.5) is 0 Å². The van der Waals surface area contributed by atoms with Crippen LogP contribution in [-0.2, 0) is 22.0 Å². The predicted octanol–water partition coefficient (Wildman–Crippen LogP) is 2.60. The Hall–Kier alpha value is -0.130. The molecular formula is C11H14O2S3. The van der Waals surface area contributed by atoms with Crippen LogP contribution in [0.1, 0.15) is 11.1 Å². The topological polar surface area (TPSA) is 34.1 Å². The van der Waals surface area contributed by atoms with Crippen LogP contribution in [0, 0.1) is 0 Å². The van der Waals surface area contributed by atoms with Crippen molar-refractivity contribution in [3.63, 3.8) is 0 Å². The fourth-order valence-electron chi connectivity index (χ4n) is 2.01. The highest BCUT2D eigenvalue weighted by Gasteiger charge is 2.24. The van der Waals surface area contributed by atoms with Crippen LogP contribution in [0.3, 0.4) is 0 Å². The Balaban J connectivity index is 2.54. The largest absolute Gasteiger partial charge is 0.228 e. The van der Waals surface area contributed by atoms with E-state index in [1.165, 1.54) is 15.4 Å². The summed E-state index contributed by atoms with van der Waals surface area (Å²) < 4.78 is 23.1. The summed E-state index contributed by atoms with van der Waals surface area (Å²) in [4.78, 5) is 2.52. The van der Waals surface area contributed by atoms with Crippen LogP contribution in [0.2, 0.25) is 0 Å². The normalized spacial score (nSPS) is 18.1. The Morgan fingerprint density at radius 3 is 2.56 bits per heavy atom. The summed E-state index contributed by atoms with van der Waals surface area (Å²) in [5.74, 6) is 0.510. The van der Waals surface area contributed by atoms with Gasteiger partial charge in [0.1, 0.15) is 0 Å². The highest BCUT2D eigenvalue weighted by atomic mass is 32.2. The Morgan fingerprint density at radius 1 is 1.19 bits per heavy atom. The number of sulfone groups is 1. The lowest BCUT2D eigenvalue weighted by molar-refractivity contribution is 0.591. The van der Waals surface area contributed by atoms with E-state index in [0.29, 0.717) is 12.2 Å². The molecule has 16 heavy (non-hydrogen) atoms. The van der Waals surface area contributed by atoms with Crippen LogP contribution < -0.4 is 0 Å². The molecule has 0 saturated heterocycles. The van der Waals surface area contributed by atoms with Gasteiger partial charge in [0, 0.05) is 9.79 Å². The summed E-state index contributed by atoms with van der Waals surface area (Å²) in [7, 11) is -2.86. The second-order valence-corrected chi connectivity index (χ2v) is 7.63. The molecule has 1 aromatic carbocycles. The molecule has 1 aliphatic heterocycles. The lowest BCUT2D eigenvalue weighted by atomic mass is 10.1. The summed E-state index contributed by atoms with van der Waals surface area (Å²) in [6, 6.07) is 4.01. The molecule has 0 unspecified atom stereocenters. The standard InChI is InChI=1S/C11H14O2S3/c1-14-10-4-3-8-7-16(12,13)6-5-9(8)11(10)15-2/h3-4H,5-7H2,1-2H3. The van der Waals surface area contributed by atoms with Gasteiger partial charge in [-0.15, -0.1) is 23.5 Å². The Morgan fingerprint density at radius 2 is 1.94 bits per heavy atom. The summed E-state index contributed by atoms with van der Waals surface area (Å²) >= 11 is 3.44. The number of hydrogen-bond acceptors (Lipinski definition) is 4. The Labute approximate surface area is 105 Å². The first-order chi connectivity index (χ1) is 7.57. The molecule has 1 aromatic rings. The minimum atomic E-state index is -2.86. The average Bonchev–Trinajstić information content (AvgIpc) is 2.26. The molecule has 0 radical (unpaired) electrons. The maximum absolute atomic E-state index is 11.6. The first kappa shape index (κ1) is 12.3. The molecule has 2 nitrogen and oxygen atoms in total. The molecule has 0 amide bonds. The Kier molecular flexibility index (Phi) is 3.56. The van der Waals surface area contributed by atoms with Crippen molar-refractivity contribution in [1.82, 2.24) is 0 Å². The predicted molar refractivity (Wildman–Crippen MR) is 71.2 cm³/mol. The van der Waals surface area contributed by atoms with E-state index in [-0.39, 0.29) is 5.75 Å². The van der Waals surface area contributed by atoms with E-state index in [1.807, 2.05) is 12.1 Å². The molecule has 5 heteroatoms. The summed E-state index contributed by atoms with van der Waals surface area (Å²) in [6.07, 6.45) is 4.78. The zero-order chi connectivity index (χ0) is 11.8. The van der Waals surface area contributed by atoms with Gasteiger partial charge >= 0.3 is 0 Å². The van der Waals surface area contributed by atoms with E-state index in [0.717, 1.165) is 5.56 Å². The van der Waals surface area contributed by atoms with E-state index in [9.17, 15) is 8.42 Å². The van der Waals surface area contributed by atoms with Crippen LogP contribution in [-0.4, -0.2) is 26.7 Å². The molecule has 0 atom stereocenters. The summed E-state index contributed by atoms with van der Waals surface area (Å²) in [5, 5.41) is 0. The van der Waals surface area contributed by atoms with E-state index in [2.05, 4.69) is 12.5 Å². The van der Waals surface area contributed by atoms with E-state index in [4.69, 9.17) is 0 Å². The van der Waals surface area contributed by atoms with Crippen LogP contribution in [0.15, 0.2) is 21.9 Å². The number of benzene rings is 1. The molecule has 0 N–H and O–H groups in total. The quantitative estimate of drug-likeness (QED) is 0.776. The van der Waals surface area contributed by atoms with E-state index < -0.39 is 9.84 Å². The van der Waals surface area contributed by atoms with Gasteiger partial charge in [0.25, 0.3) is 0 Å². The van der Waals surface area contributed by atoms with Gasteiger partial charge in [0.15, 0.2) is 9.84 Å². The third kappa shape index (κ3) is 2.26. The molecule has 0 saturated carbocycles. The fraction of sp³-hybridized carbons (Fsp3) is 0.455. The lowest BCUT2D eigenvalue weighted by Crippen LogP contribution is -2.19. The second kappa shape index (κ2) is 4.63. The molecule has 0 aliphatic carbocycles. The van der Waals surface area contributed by atoms with Crippen molar-refractivity contribution in [2.24, 2.45) is 0 Å². The van der Waals surface area contributed by atoms with Gasteiger partial charge in [-0.05, 0) is 36.1 Å². The molecule has 0 fully saturated rings.